The summed E-state index contributed by atoms with van der Waals surface area (Å²) < 4.78 is 25.8. The van der Waals surface area contributed by atoms with Crippen molar-refractivity contribution in [2.45, 2.75) is 38.3 Å². The van der Waals surface area contributed by atoms with Gasteiger partial charge in [0.15, 0.2) is 5.96 Å². The molecule has 6 nitrogen and oxygen atoms in total. The topological polar surface area (TPSA) is 82.6 Å². The fraction of sp³-hybridized carbons (Fsp3) is 0.389. The highest BCUT2D eigenvalue weighted by molar-refractivity contribution is 7.89. The van der Waals surface area contributed by atoms with Gasteiger partial charge in [-0.1, -0.05) is 19.1 Å². The van der Waals surface area contributed by atoms with Crippen LogP contribution in [0.3, 0.4) is 0 Å². The van der Waals surface area contributed by atoms with E-state index in [1.54, 1.807) is 35.6 Å². The summed E-state index contributed by atoms with van der Waals surface area (Å²) in [6, 6.07) is 11.0. The molecule has 0 amide bonds. The molecular weight excluding hydrogens is 368 g/mol. The Morgan fingerprint density at radius 1 is 1.04 bits per heavy atom. The van der Waals surface area contributed by atoms with E-state index < -0.39 is 10.0 Å². The zero-order valence-electron chi connectivity index (χ0n) is 15.4. The van der Waals surface area contributed by atoms with Gasteiger partial charge in [-0.15, -0.1) is 11.3 Å². The molecule has 142 valence electrons. The van der Waals surface area contributed by atoms with Gasteiger partial charge in [-0.05, 0) is 50.2 Å². The summed E-state index contributed by atoms with van der Waals surface area (Å²) in [7, 11) is -2.00. The predicted octanol–water partition coefficient (Wildman–Crippen LogP) is 2.47. The maximum atomic E-state index is 11.7. The third-order valence-corrected chi connectivity index (χ3v) is 6.42. The number of sulfonamides is 1. The largest absolute Gasteiger partial charge is 0.357 e. The zero-order chi connectivity index (χ0) is 19.0. The molecule has 0 radical (unpaired) electrons. The first-order valence-corrected chi connectivity index (χ1v) is 10.9. The van der Waals surface area contributed by atoms with Gasteiger partial charge in [0, 0.05) is 16.3 Å². The summed E-state index contributed by atoms with van der Waals surface area (Å²) in [6.07, 6.45) is 1.05. The van der Waals surface area contributed by atoms with Crippen LogP contribution in [0.15, 0.2) is 46.3 Å². The first-order chi connectivity index (χ1) is 12.5. The Morgan fingerprint density at radius 3 is 2.31 bits per heavy atom. The molecule has 0 atom stereocenters. The van der Waals surface area contributed by atoms with Crippen molar-refractivity contribution in [2.75, 3.05) is 13.6 Å². The van der Waals surface area contributed by atoms with Crippen LogP contribution in [0.4, 0.5) is 0 Å². The number of aryl methyl sites for hydroxylation is 1. The summed E-state index contributed by atoms with van der Waals surface area (Å²) in [5.74, 6) is 0.742. The molecule has 26 heavy (non-hydrogen) atoms. The highest BCUT2D eigenvalue weighted by Gasteiger charge is 2.10. The minimum atomic E-state index is -3.40. The van der Waals surface area contributed by atoms with E-state index in [-0.39, 0.29) is 4.90 Å². The number of hydrogen-bond donors (Lipinski definition) is 3. The summed E-state index contributed by atoms with van der Waals surface area (Å²) in [5, 5.41) is 6.56. The molecule has 1 aromatic heterocycles. The Kier molecular flexibility index (Phi) is 7.62. The van der Waals surface area contributed by atoms with Crippen molar-refractivity contribution in [3.63, 3.8) is 0 Å². The summed E-state index contributed by atoms with van der Waals surface area (Å²) in [4.78, 5) is 7.47. The van der Waals surface area contributed by atoms with Gasteiger partial charge in [0.25, 0.3) is 0 Å². The number of nitrogens with one attached hydrogen (secondary N) is 3. The second kappa shape index (κ2) is 9.70. The number of guanidine groups is 1. The van der Waals surface area contributed by atoms with Crippen LogP contribution >= 0.6 is 11.3 Å². The quantitative estimate of drug-likeness (QED) is 0.474. The molecule has 0 aliphatic heterocycles. The summed E-state index contributed by atoms with van der Waals surface area (Å²) in [5.41, 5.74) is 0.946. The number of benzene rings is 1. The van der Waals surface area contributed by atoms with Gasteiger partial charge in [0.2, 0.25) is 10.0 Å². The molecule has 0 saturated carbocycles. The van der Waals surface area contributed by atoms with E-state index in [0.717, 1.165) is 31.0 Å². The molecular formula is C18H26N4O2S2. The molecule has 1 aromatic carbocycles. The predicted molar refractivity (Wildman–Crippen MR) is 108 cm³/mol. The monoisotopic (exact) mass is 394 g/mol. The molecule has 8 heteroatoms. The SMILES string of the molecule is CCNC(=NCc1ccc(S(=O)(=O)NC)cc1)NCc1ccc(CC)s1. The number of rotatable bonds is 8. The molecule has 1 heterocycles. The number of thiophene rings is 1. The molecule has 0 bridgehead atoms. The first kappa shape index (κ1) is 20.4. The standard InChI is InChI=1S/C18H26N4O2S2/c1-4-15-8-9-16(25-15)13-22-18(20-5-2)21-12-14-6-10-17(11-7-14)26(23,24)19-3/h6-11,19H,4-5,12-13H2,1-3H3,(H2,20,21,22). The average Bonchev–Trinajstić information content (AvgIpc) is 3.12. The Labute approximate surface area is 159 Å². The molecule has 2 aromatic rings. The van der Waals surface area contributed by atoms with E-state index >= 15 is 0 Å². The van der Waals surface area contributed by atoms with Crippen LogP contribution in [0.25, 0.3) is 0 Å². The zero-order valence-corrected chi connectivity index (χ0v) is 17.0. The molecule has 2 rings (SSSR count). The second-order valence-electron chi connectivity index (χ2n) is 5.62. The molecule has 0 spiro atoms. The molecule has 0 aliphatic carbocycles. The lowest BCUT2D eigenvalue weighted by molar-refractivity contribution is 0.588. The smallest absolute Gasteiger partial charge is 0.240 e. The van der Waals surface area contributed by atoms with E-state index in [1.807, 2.05) is 6.92 Å². The van der Waals surface area contributed by atoms with Crippen molar-refractivity contribution in [3.8, 4) is 0 Å². The summed E-state index contributed by atoms with van der Waals surface area (Å²) in [6.45, 7) is 6.15. The van der Waals surface area contributed by atoms with Gasteiger partial charge in [-0.3, -0.25) is 0 Å². The lowest BCUT2D eigenvalue weighted by Gasteiger charge is -2.10. The van der Waals surface area contributed by atoms with Crippen molar-refractivity contribution < 1.29 is 8.42 Å². The average molecular weight is 395 g/mol. The van der Waals surface area contributed by atoms with Gasteiger partial charge < -0.3 is 10.6 Å². The lowest BCUT2D eigenvalue weighted by atomic mass is 10.2. The van der Waals surface area contributed by atoms with E-state index in [0.29, 0.717) is 6.54 Å². The minimum absolute atomic E-state index is 0.252. The van der Waals surface area contributed by atoms with Crippen molar-refractivity contribution >= 4 is 27.3 Å². The molecule has 0 saturated heterocycles. The van der Waals surface area contributed by atoms with E-state index in [1.165, 1.54) is 16.8 Å². The van der Waals surface area contributed by atoms with Crippen LogP contribution in [0.2, 0.25) is 0 Å². The van der Waals surface area contributed by atoms with Gasteiger partial charge in [-0.2, -0.15) is 0 Å². The Balaban J connectivity index is 1.99. The van der Waals surface area contributed by atoms with Gasteiger partial charge >= 0.3 is 0 Å². The first-order valence-electron chi connectivity index (χ1n) is 8.60. The maximum Gasteiger partial charge on any atom is 0.240 e. The minimum Gasteiger partial charge on any atom is -0.357 e. The van der Waals surface area contributed by atoms with E-state index in [9.17, 15) is 8.42 Å². The Hall–Kier alpha value is -1.90. The maximum absolute atomic E-state index is 11.7. The fourth-order valence-electron chi connectivity index (χ4n) is 2.28. The van der Waals surface area contributed by atoms with Crippen LogP contribution in [-0.2, 0) is 29.5 Å². The third kappa shape index (κ3) is 5.82. The normalized spacial score (nSPS) is 12.2. The highest BCUT2D eigenvalue weighted by Crippen LogP contribution is 2.16. The van der Waals surface area contributed by atoms with Gasteiger partial charge in [0.05, 0.1) is 18.0 Å². The number of aliphatic imine (C=N–C) groups is 1. The Bertz CT molecular complexity index is 827. The van der Waals surface area contributed by atoms with Gasteiger partial charge in [0.1, 0.15) is 0 Å². The highest BCUT2D eigenvalue weighted by atomic mass is 32.2. The molecule has 0 aliphatic rings. The van der Waals surface area contributed by atoms with Crippen LogP contribution in [0.5, 0.6) is 0 Å². The van der Waals surface area contributed by atoms with Crippen molar-refractivity contribution in [2.24, 2.45) is 4.99 Å². The van der Waals surface area contributed by atoms with Gasteiger partial charge in [-0.25, -0.2) is 18.1 Å². The van der Waals surface area contributed by atoms with Crippen LogP contribution in [0, 0.1) is 0 Å². The molecule has 3 N–H and O–H groups in total. The number of nitrogens with zero attached hydrogens (tertiary/aromatic N) is 1. The Morgan fingerprint density at radius 2 is 1.73 bits per heavy atom. The van der Waals surface area contributed by atoms with Crippen LogP contribution in [0.1, 0.15) is 29.2 Å². The number of hydrogen-bond acceptors (Lipinski definition) is 4. The second-order valence-corrected chi connectivity index (χ2v) is 8.76. The van der Waals surface area contributed by atoms with Crippen LogP contribution < -0.4 is 15.4 Å². The van der Waals surface area contributed by atoms with Crippen molar-refractivity contribution in [1.29, 1.82) is 0 Å². The van der Waals surface area contributed by atoms with Crippen LogP contribution in [-0.4, -0.2) is 28.0 Å². The van der Waals surface area contributed by atoms with Crippen molar-refractivity contribution in [3.05, 3.63) is 51.7 Å². The fourth-order valence-corrected chi connectivity index (χ4v) is 3.91. The van der Waals surface area contributed by atoms with E-state index in [2.05, 4.69) is 39.4 Å². The third-order valence-electron chi connectivity index (χ3n) is 3.76. The molecule has 0 unspecified atom stereocenters. The lowest BCUT2D eigenvalue weighted by Crippen LogP contribution is -2.36. The molecule has 0 fully saturated rings. The summed E-state index contributed by atoms with van der Waals surface area (Å²) >= 11 is 1.81. The van der Waals surface area contributed by atoms with E-state index in [4.69, 9.17) is 0 Å². The van der Waals surface area contributed by atoms with Crippen molar-refractivity contribution in [1.82, 2.24) is 15.4 Å².